The van der Waals surface area contributed by atoms with E-state index < -0.39 is 9.84 Å². The van der Waals surface area contributed by atoms with Crippen LogP contribution in [0.1, 0.15) is 20.3 Å². The van der Waals surface area contributed by atoms with Crippen molar-refractivity contribution >= 4 is 15.5 Å². The number of anilines is 1. The number of sulfone groups is 1. The van der Waals surface area contributed by atoms with Gasteiger partial charge in [0.25, 0.3) is 0 Å². The van der Waals surface area contributed by atoms with Crippen molar-refractivity contribution in [1.82, 2.24) is 0 Å². The predicted molar refractivity (Wildman–Crippen MR) is 70.9 cm³/mol. The van der Waals surface area contributed by atoms with Crippen molar-refractivity contribution in [2.45, 2.75) is 31.2 Å². The molecule has 1 aromatic rings. The molecule has 96 valence electrons. The predicted octanol–water partition coefficient (Wildman–Crippen LogP) is 1.63. The lowest BCUT2D eigenvalue weighted by Crippen LogP contribution is -2.27. The lowest BCUT2D eigenvalue weighted by molar-refractivity contribution is 0.597. The Labute approximate surface area is 103 Å². The highest BCUT2D eigenvalue weighted by molar-refractivity contribution is 7.91. The van der Waals surface area contributed by atoms with Crippen LogP contribution in [-0.2, 0) is 9.84 Å². The average Bonchev–Trinajstić information content (AvgIpc) is 2.36. The number of benzene rings is 1. The van der Waals surface area contributed by atoms with Crippen LogP contribution < -0.4 is 11.1 Å². The zero-order chi connectivity index (χ0) is 12.9. The molecule has 0 saturated carbocycles. The van der Waals surface area contributed by atoms with Gasteiger partial charge in [0.2, 0.25) is 0 Å². The van der Waals surface area contributed by atoms with Crippen molar-refractivity contribution in [2.24, 2.45) is 5.73 Å². The molecular weight excluding hydrogens is 236 g/mol. The summed E-state index contributed by atoms with van der Waals surface area (Å²) in [7, 11) is -3.11. The highest BCUT2D eigenvalue weighted by atomic mass is 32.2. The SMILES string of the molecule is CCC(CN)Nc1ccc(S(=O)(=O)CC)cc1. The Morgan fingerprint density at radius 3 is 2.24 bits per heavy atom. The van der Waals surface area contributed by atoms with E-state index in [1.54, 1.807) is 31.2 Å². The summed E-state index contributed by atoms with van der Waals surface area (Å²) in [5.74, 6) is 0.125. The first kappa shape index (κ1) is 14.0. The number of hydrogen-bond acceptors (Lipinski definition) is 4. The van der Waals surface area contributed by atoms with Crippen LogP contribution in [0.4, 0.5) is 5.69 Å². The third-order valence-corrected chi connectivity index (χ3v) is 4.49. The van der Waals surface area contributed by atoms with E-state index in [-0.39, 0.29) is 11.8 Å². The minimum Gasteiger partial charge on any atom is -0.381 e. The summed E-state index contributed by atoms with van der Waals surface area (Å²) in [6, 6.07) is 7.04. The van der Waals surface area contributed by atoms with Crippen LogP contribution in [-0.4, -0.2) is 26.8 Å². The topological polar surface area (TPSA) is 72.2 Å². The van der Waals surface area contributed by atoms with Gasteiger partial charge in [0, 0.05) is 18.3 Å². The molecule has 0 aromatic heterocycles. The summed E-state index contributed by atoms with van der Waals surface area (Å²) in [6.07, 6.45) is 0.936. The lowest BCUT2D eigenvalue weighted by Gasteiger charge is -2.16. The fourth-order valence-electron chi connectivity index (χ4n) is 1.49. The standard InChI is InChI=1S/C12H20N2O2S/c1-3-10(9-13)14-11-5-7-12(8-6-11)17(15,16)4-2/h5-8,10,14H,3-4,9,13H2,1-2H3. The number of nitrogens with two attached hydrogens (primary N) is 1. The summed E-state index contributed by atoms with van der Waals surface area (Å²) in [5.41, 5.74) is 6.49. The molecule has 3 N–H and O–H groups in total. The van der Waals surface area contributed by atoms with E-state index in [0.717, 1.165) is 12.1 Å². The first-order valence-electron chi connectivity index (χ1n) is 5.83. The smallest absolute Gasteiger partial charge is 0.178 e. The fraction of sp³-hybridized carbons (Fsp3) is 0.500. The lowest BCUT2D eigenvalue weighted by atomic mass is 10.2. The van der Waals surface area contributed by atoms with Gasteiger partial charge in [-0.1, -0.05) is 13.8 Å². The quantitative estimate of drug-likeness (QED) is 0.811. The zero-order valence-corrected chi connectivity index (χ0v) is 11.1. The van der Waals surface area contributed by atoms with Crippen LogP contribution in [0.5, 0.6) is 0 Å². The summed E-state index contributed by atoms with van der Waals surface area (Å²) in [4.78, 5) is 0.367. The average molecular weight is 256 g/mol. The minimum absolute atomic E-state index is 0.125. The molecule has 5 heteroatoms. The van der Waals surface area contributed by atoms with E-state index in [9.17, 15) is 8.42 Å². The second-order valence-corrected chi connectivity index (χ2v) is 6.19. The third-order valence-electron chi connectivity index (χ3n) is 2.74. The molecule has 0 aliphatic rings. The van der Waals surface area contributed by atoms with Crippen molar-refractivity contribution in [3.05, 3.63) is 24.3 Å². The second-order valence-electron chi connectivity index (χ2n) is 3.91. The summed E-state index contributed by atoms with van der Waals surface area (Å²) in [5, 5.41) is 3.26. The number of nitrogens with one attached hydrogen (secondary N) is 1. The van der Waals surface area contributed by atoms with Gasteiger partial charge in [0.1, 0.15) is 0 Å². The van der Waals surface area contributed by atoms with E-state index in [2.05, 4.69) is 12.2 Å². The normalized spacial score (nSPS) is 13.4. The Morgan fingerprint density at radius 2 is 1.82 bits per heavy atom. The van der Waals surface area contributed by atoms with Crippen LogP contribution >= 0.6 is 0 Å². The molecule has 0 bridgehead atoms. The van der Waals surface area contributed by atoms with Gasteiger partial charge in [-0.2, -0.15) is 0 Å². The van der Waals surface area contributed by atoms with Gasteiger partial charge in [-0.05, 0) is 30.7 Å². The molecule has 4 nitrogen and oxygen atoms in total. The van der Waals surface area contributed by atoms with Crippen LogP contribution in [0.25, 0.3) is 0 Å². The molecule has 0 radical (unpaired) electrons. The summed E-state index contributed by atoms with van der Waals surface area (Å²) >= 11 is 0. The van der Waals surface area contributed by atoms with Crippen molar-refractivity contribution in [3.63, 3.8) is 0 Å². The fourth-order valence-corrected chi connectivity index (χ4v) is 2.37. The van der Waals surface area contributed by atoms with E-state index in [4.69, 9.17) is 5.73 Å². The molecule has 0 aliphatic heterocycles. The molecule has 1 rings (SSSR count). The van der Waals surface area contributed by atoms with Crippen LogP contribution in [0.3, 0.4) is 0 Å². The minimum atomic E-state index is -3.11. The monoisotopic (exact) mass is 256 g/mol. The Bertz CT molecular complexity index is 436. The van der Waals surface area contributed by atoms with Crippen molar-refractivity contribution in [3.8, 4) is 0 Å². The van der Waals surface area contributed by atoms with Crippen molar-refractivity contribution < 1.29 is 8.42 Å². The molecule has 1 aromatic carbocycles. The molecule has 0 saturated heterocycles. The molecule has 0 aliphatic carbocycles. The number of hydrogen-bond donors (Lipinski definition) is 2. The number of rotatable bonds is 6. The first-order chi connectivity index (χ1) is 8.03. The highest BCUT2D eigenvalue weighted by Crippen LogP contribution is 2.16. The van der Waals surface area contributed by atoms with E-state index in [1.807, 2.05) is 0 Å². The molecule has 1 atom stereocenters. The molecule has 0 fully saturated rings. The Balaban J connectivity index is 2.82. The van der Waals surface area contributed by atoms with Gasteiger partial charge in [-0.3, -0.25) is 0 Å². The van der Waals surface area contributed by atoms with Crippen LogP contribution in [0, 0.1) is 0 Å². The van der Waals surface area contributed by atoms with E-state index in [0.29, 0.717) is 11.4 Å². The maximum absolute atomic E-state index is 11.6. The Morgan fingerprint density at radius 1 is 1.24 bits per heavy atom. The summed E-state index contributed by atoms with van der Waals surface area (Å²) < 4.78 is 23.2. The molecule has 1 unspecified atom stereocenters. The largest absolute Gasteiger partial charge is 0.381 e. The molecule has 17 heavy (non-hydrogen) atoms. The van der Waals surface area contributed by atoms with Gasteiger partial charge in [-0.25, -0.2) is 8.42 Å². The molecule has 0 heterocycles. The third kappa shape index (κ3) is 3.71. The summed E-state index contributed by atoms with van der Waals surface area (Å²) in [6.45, 7) is 4.26. The van der Waals surface area contributed by atoms with E-state index >= 15 is 0 Å². The second kappa shape index (κ2) is 6.02. The van der Waals surface area contributed by atoms with Gasteiger partial charge in [-0.15, -0.1) is 0 Å². The maximum atomic E-state index is 11.6. The van der Waals surface area contributed by atoms with Crippen LogP contribution in [0.2, 0.25) is 0 Å². The Hall–Kier alpha value is -1.07. The molecule has 0 amide bonds. The van der Waals surface area contributed by atoms with Gasteiger partial charge in [0.15, 0.2) is 9.84 Å². The van der Waals surface area contributed by atoms with E-state index in [1.165, 1.54) is 0 Å². The van der Waals surface area contributed by atoms with Gasteiger partial charge in [0.05, 0.1) is 10.6 Å². The molecule has 0 spiro atoms. The van der Waals surface area contributed by atoms with Gasteiger partial charge >= 0.3 is 0 Å². The van der Waals surface area contributed by atoms with Crippen LogP contribution in [0.15, 0.2) is 29.2 Å². The highest BCUT2D eigenvalue weighted by Gasteiger charge is 2.11. The first-order valence-corrected chi connectivity index (χ1v) is 7.48. The Kier molecular flexibility index (Phi) is 4.96. The van der Waals surface area contributed by atoms with Gasteiger partial charge < -0.3 is 11.1 Å². The molecular formula is C12H20N2O2S. The zero-order valence-electron chi connectivity index (χ0n) is 10.3. The van der Waals surface area contributed by atoms with Crippen molar-refractivity contribution in [1.29, 1.82) is 0 Å². The van der Waals surface area contributed by atoms with Crippen molar-refractivity contribution in [2.75, 3.05) is 17.6 Å². The maximum Gasteiger partial charge on any atom is 0.178 e.